The Labute approximate surface area is 100 Å². The quantitative estimate of drug-likeness (QED) is 0.524. The van der Waals surface area contributed by atoms with Crippen molar-refractivity contribution in [3.05, 3.63) is 0 Å². The molecule has 0 bridgehead atoms. The Kier molecular flexibility index (Phi) is 2.95. The molecule has 2 aliphatic heterocycles. The fraction of sp³-hybridized carbons (Fsp3) is 0.900. The molecule has 0 radical (unpaired) electrons. The Morgan fingerprint density at radius 3 is 2.71 bits per heavy atom. The minimum Gasteiger partial charge on any atom is -0.468 e. The zero-order valence-electron chi connectivity index (χ0n) is 10.0. The number of hydrogen-bond acceptors (Lipinski definition) is 6. The Morgan fingerprint density at radius 2 is 2.18 bits per heavy atom. The highest BCUT2D eigenvalue weighted by atomic mass is 32.2. The highest BCUT2D eigenvalue weighted by Gasteiger charge is 2.70. The molecule has 6 nitrogen and oxygen atoms in total. The number of carbonyl (C=O) groups excluding carboxylic acids is 1. The van der Waals surface area contributed by atoms with Crippen LogP contribution in [0.4, 0.5) is 0 Å². The van der Waals surface area contributed by atoms with Gasteiger partial charge in [0.05, 0.1) is 13.2 Å². The number of carbonyl (C=O) groups is 1. The van der Waals surface area contributed by atoms with Gasteiger partial charge in [-0.2, -0.15) is 8.42 Å². The topological polar surface area (TPSA) is 78.9 Å². The smallest absolute Gasteiger partial charge is 0.332 e. The second kappa shape index (κ2) is 3.93. The van der Waals surface area contributed by atoms with E-state index in [0.717, 1.165) is 0 Å². The summed E-state index contributed by atoms with van der Waals surface area (Å²) in [6, 6.07) is 0. The highest BCUT2D eigenvalue weighted by Crippen LogP contribution is 2.47. The van der Waals surface area contributed by atoms with E-state index in [1.165, 1.54) is 7.11 Å². The predicted molar refractivity (Wildman–Crippen MR) is 57.8 cm³/mol. The summed E-state index contributed by atoms with van der Waals surface area (Å²) in [4.78, 5) is 11.9. The molecule has 0 aromatic carbocycles. The van der Waals surface area contributed by atoms with E-state index in [-0.39, 0.29) is 12.5 Å². The summed E-state index contributed by atoms with van der Waals surface area (Å²) in [7, 11) is -2.82. The van der Waals surface area contributed by atoms with Crippen LogP contribution in [0.3, 0.4) is 0 Å². The Bertz CT molecular complexity index is 430. The minimum absolute atomic E-state index is 0.105. The van der Waals surface area contributed by atoms with Crippen molar-refractivity contribution in [3.8, 4) is 0 Å². The first-order valence-electron chi connectivity index (χ1n) is 5.55. The third-order valence-corrected chi connectivity index (χ3v) is 5.48. The maximum Gasteiger partial charge on any atom is 0.332 e. The molecule has 2 fully saturated rings. The van der Waals surface area contributed by atoms with Crippen LogP contribution >= 0.6 is 0 Å². The number of rotatable bonds is 2. The molecule has 17 heavy (non-hydrogen) atoms. The zero-order chi connectivity index (χ0) is 12.8. The first-order chi connectivity index (χ1) is 7.89. The molecule has 0 aromatic rings. The van der Waals surface area contributed by atoms with Crippen LogP contribution in [0.25, 0.3) is 0 Å². The number of ether oxygens (including phenoxy) is 2. The largest absolute Gasteiger partial charge is 0.468 e. The second-order valence-electron chi connectivity index (χ2n) is 4.43. The van der Waals surface area contributed by atoms with Crippen molar-refractivity contribution >= 4 is 16.1 Å². The molecule has 98 valence electrons. The fourth-order valence-electron chi connectivity index (χ4n) is 2.60. The van der Waals surface area contributed by atoms with Gasteiger partial charge in [0.25, 0.3) is 10.1 Å². The van der Waals surface area contributed by atoms with Crippen molar-refractivity contribution in [2.24, 2.45) is 0 Å². The van der Waals surface area contributed by atoms with E-state index < -0.39 is 33.0 Å². The molecular formula is C10H16O6S. The summed E-state index contributed by atoms with van der Waals surface area (Å²) in [5.74, 6) is -0.789. The summed E-state index contributed by atoms with van der Waals surface area (Å²) in [6.07, 6.45) is -0.925. The molecule has 0 spiro atoms. The van der Waals surface area contributed by atoms with Crippen LogP contribution in [0.5, 0.6) is 0 Å². The first kappa shape index (κ1) is 12.8. The van der Waals surface area contributed by atoms with E-state index in [9.17, 15) is 13.2 Å². The lowest BCUT2D eigenvalue weighted by Gasteiger charge is -2.20. The Hall–Kier alpha value is -0.660. The van der Waals surface area contributed by atoms with E-state index in [2.05, 4.69) is 4.74 Å². The van der Waals surface area contributed by atoms with Crippen LogP contribution in [0.2, 0.25) is 0 Å². The van der Waals surface area contributed by atoms with Gasteiger partial charge in [-0.1, -0.05) is 6.92 Å². The van der Waals surface area contributed by atoms with Crippen LogP contribution in [0, 0.1) is 0 Å². The van der Waals surface area contributed by atoms with Crippen LogP contribution in [-0.2, 0) is 28.6 Å². The van der Waals surface area contributed by atoms with Gasteiger partial charge in [0.1, 0.15) is 12.2 Å². The molecule has 7 heteroatoms. The van der Waals surface area contributed by atoms with Crippen LogP contribution in [0.1, 0.15) is 26.7 Å². The molecule has 0 aromatic heterocycles. The van der Waals surface area contributed by atoms with Gasteiger partial charge in [-0.3, -0.25) is 8.98 Å². The van der Waals surface area contributed by atoms with Crippen LogP contribution in [0.15, 0.2) is 0 Å². The minimum atomic E-state index is -3.99. The number of methoxy groups -OCH3 is 1. The molecule has 0 aliphatic carbocycles. The molecule has 0 amide bonds. The van der Waals surface area contributed by atoms with Crippen molar-refractivity contribution in [1.82, 2.24) is 0 Å². The lowest BCUT2D eigenvalue weighted by Crippen LogP contribution is -2.50. The molecule has 2 saturated heterocycles. The normalized spacial score (nSPS) is 43.4. The van der Waals surface area contributed by atoms with Gasteiger partial charge in [0.15, 0.2) is 0 Å². The zero-order valence-corrected chi connectivity index (χ0v) is 10.8. The Morgan fingerprint density at radius 1 is 1.53 bits per heavy atom. The lowest BCUT2D eigenvalue weighted by molar-refractivity contribution is -0.145. The summed E-state index contributed by atoms with van der Waals surface area (Å²) < 4.78 is 37.5. The van der Waals surface area contributed by atoms with Gasteiger partial charge >= 0.3 is 5.97 Å². The van der Waals surface area contributed by atoms with Gasteiger partial charge in [0.2, 0.25) is 4.75 Å². The maximum absolute atomic E-state index is 12.0. The average molecular weight is 264 g/mol. The molecule has 2 aliphatic rings. The lowest BCUT2D eigenvalue weighted by atomic mass is 9.94. The summed E-state index contributed by atoms with van der Waals surface area (Å²) in [5, 5.41) is 0. The van der Waals surface area contributed by atoms with E-state index >= 15 is 0 Å². The predicted octanol–water partition coefficient (Wildman–Crippen LogP) is 0.214. The molecule has 0 N–H and O–H groups in total. The SMILES string of the molecule is CCC1CC2(C(=O)OC)C(O1)C(C)OS2(=O)=O. The standard InChI is InChI=1S/C10H16O6S/c1-4-7-5-10(9(11)14-3)8(15-7)6(2)16-17(10,12)13/h6-8H,4-5H2,1-3H3. The van der Waals surface area contributed by atoms with Gasteiger partial charge in [0, 0.05) is 6.42 Å². The molecule has 2 heterocycles. The Balaban J connectivity index is 2.50. The number of esters is 1. The van der Waals surface area contributed by atoms with E-state index in [4.69, 9.17) is 8.92 Å². The molecule has 2 rings (SSSR count). The maximum atomic E-state index is 12.0. The van der Waals surface area contributed by atoms with Crippen LogP contribution in [-0.4, -0.2) is 44.6 Å². The second-order valence-corrected chi connectivity index (χ2v) is 6.26. The van der Waals surface area contributed by atoms with Crippen molar-refractivity contribution in [1.29, 1.82) is 0 Å². The summed E-state index contributed by atoms with van der Waals surface area (Å²) in [5.41, 5.74) is 0. The number of fused-ring (bicyclic) bond motifs is 1. The van der Waals surface area contributed by atoms with Crippen molar-refractivity contribution in [2.45, 2.75) is 49.7 Å². The third kappa shape index (κ3) is 1.52. The summed E-state index contributed by atoms with van der Waals surface area (Å²) in [6.45, 7) is 3.47. The monoisotopic (exact) mass is 264 g/mol. The van der Waals surface area contributed by atoms with Crippen molar-refractivity contribution in [2.75, 3.05) is 7.11 Å². The average Bonchev–Trinajstić information content (AvgIpc) is 2.75. The number of hydrogen-bond donors (Lipinski definition) is 0. The fourth-order valence-corrected chi connectivity index (χ4v) is 4.49. The first-order valence-corrected chi connectivity index (χ1v) is 6.96. The van der Waals surface area contributed by atoms with Gasteiger partial charge in [-0.05, 0) is 13.3 Å². The van der Waals surface area contributed by atoms with E-state index in [1.807, 2.05) is 6.92 Å². The molecular weight excluding hydrogens is 248 g/mol. The third-order valence-electron chi connectivity index (χ3n) is 3.47. The summed E-state index contributed by atoms with van der Waals surface area (Å²) >= 11 is 0. The van der Waals surface area contributed by atoms with Gasteiger partial charge in [-0.25, -0.2) is 0 Å². The molecule has 0 saturated carbocycles. The van der Waals surface area contributed by atoms with Gasteiger partial charge < -0.3 is 9.47 Å². The van der Waals surface area contributed by atoms with Crippen molar-refractivity contribution in [3.63, 3.8) is 0 Å². The van der Waals surface area contributed by atoms with E-state index in [1.54, 1.807) is 6.92 Å². The molecule has 4 unspecified atom stereocenters. The highest BCUT2D eigenvalue weighted by molar-refractivity contribution is 7.89. The van der Waals surface area contributed by atoms with Gasteiger partial charge in [-0.15, -0.1) is 0 Å². The van der Waals surface area contributed by atoms with E-state index in [0.29, 0.717) is 6.42 Å². The van der Waals surface area contributed by atoms with Crippen LogP contribution < -0.4 is 0 Å². The van der Waals surface area contributed by atoms with Crippen molar-refractivity contribution < 1.29 is 26.9 Å². The molecule has 4 atom stereocenters.